The Morgan fingerprint density at radius 3 is 2.89 bits per heavy atom. The molecule has 1 saturated heterocycles. The minimum absolute atomic E-state index is 0.0145. The minimum Gasteiger partial charge on any atom is -0.508 e. The van der Waals surface area contributed by atoms with Crippen LogP contribution in [0.5, 0.6) is 5.75 Å². The molecule has 2 unspecified atom stereocenters. The number of rotatable bonds is 3. The Bertz CT molecular complexity index is 391. The van der Waals surface area contributed by atoms with Gasteiger partial charge in [0.1, 0.15) is 11.6 Å². The summed E-state index contributed by atoms with van der Waals surface area (Å²) in [4.78, 5) is 2.29. The summed E-state index contributed by atoms with van der Waals surface area (Å²) in [7, 11) is 0. The van der Waals surface area contributed by atoms with Crippen LogP contribution >= 0.6 is 0 Å². The maximum atomic E-state index is 13.2. The maximum Gasteiger partial charge on any atom is 0.127 e. The second-order valence-electron chi connectivity index (χ2n) is 4.95. The number of phenolic OH excluding ortho intramolecular Hbond substituents is 1. The van der Waals surface area contributed by atoms with E-state index < -0.39 is 0 Å². The molecule has 1 aromatic carbocycles. The lowest BCUT2D eigenvalue weighted by Crippen LogP contribution is -2.47. The Kier molecular flexibility index (Phi) is 4.19. The first kappa shape index (κ1) is 13.3. The molecule has 0 saturated carbocycles. The molecule has 1 aliphatic rings. The lowest BCUT2D eigenvalue weighted by molar-refractivity contribution is -0.0592. The summed E-state index contributed by atoms with van der Waals surface area (Å²) in [6.07, 6.45) is 1.21. The molecule has 0 aliphatic carbocycles. The summed E-state index contributed by atoms with van der Waals surface area (Å²) in [5, 5.41) is 9.42. The van der Waals surface area contributed by atoms with Crippen LogP contribution in [-0.4, -0.2) is 35.3 Å². The number of hydrogen-bond acceptors (Lipinski definition) is 3. The number of hydrogen-bond donors (Lipinski definition) is 1. The van der Waals surface area contributed by atoms with Crippen molar-refractivity contribution >= 4 is 0 Å². The third-order valence-electron chi connectivity index (χ3n) is 3.38. The van der Waals surface area contributed by atoms with Gasteiger partial charge in [0.15, 0.2) is 0 Å². The number of nitrogens with zero attached hydrogens (tertiary/aromatic N) is 1. The van der Waals surface area contributed by atoms with Crippen molar-refractivity contribution in [1.29, 1.82) is 0 Å². The van der Waals surface area contributed by atoms with Crippen molar-refractivity contribution in [2.75, 3.05) is 13.2 Å². The highest BCUT2D eigenvalue weighted by Crippen LogP contribution is 2.20. The largest absolute Gasteiger partial charge is 0.508 e. The van der Waals surface area contributed by atoms with Crippen LogP contribution in [0.25, 0.3) is 0 Å². The molecule has 1 aromatic rings. The molecule has 100 valence electrons. The molecule has 0 amide bonds. The van der Waals surface area contributed by atoms with Crippen molar-refractivity contribution in [3.63, 3.8) is 0 Å². The number of morpholine rings is 1. The van der Waals surface area contributed by atoms with Gasteiger partial charge in [0.05, 0.1) is 12.7 Å². The molecule has 1 heterocycles. The van der Waals surface area contributed by atoms with Crippen LogP contribution in [0.2, 0.25) is 0 Å². The zero-order valence-electron chi connectivity index (χ0n) is 10.9. The lowest BCUT2D eigenvalue weighted by Gasteiger charge is -2.38. The molecule has 2 rings (SSSR count). The van der Waals surface area contributed by atoms with E-state index in [9.17, 15) is 9.50 Å². The maximum absolute atomic E-state index is 13.2. The molecule has 0 radical (unpaired) electrons. The number of aromatic hydroxyl groups is 1. The summed E-state index contributed by atoms with van der Waals surface area (Å²) in [6.45, 7) is 6.38. The van der Waals surface area contributed by atoms with Gasteiger partial charge in [-0.1, -0.05) is 6.92 Å². The highest BCUT2D eigenvalue weighted by atomic mass is 19.1. The quantitative estimate of drug-likeness (QED) is 0.898. The summed E-state index contributed by atoms with van der Waals surface area (Å²) in [6, 6.07) is 4.59. The van der Waals surface area contributed by atoms with Gasteiger partial charge in [-0.3, -0.25) is 4.90 Å². The van der Waals surface area contributed by atoms with E-state index >= 15 is 0 Å². The summed E-state index contributed by atoms with van der Waals surface area (Å²) in [5.41, 5.74) is 0.806. The van der Waals surface area contributed by atoms with E-state index in [0.29, 0.717) is 12.6 Å². The zero-order valence-corrected chi connectivity index (χ0v) is 10.9. The molecule has 1 fully saturated rings. The number of ether oxygens (including phenoxy) is 1. The van der Waals surface area contributed by atoms with E-state index in [-0.39, 0.29) is 17.7 Å². The van der Waals surface area contributed by atoms with Crippen molar-refractivity contribution in [2.24, 2.45) is 0 Å². The molecular weight excluding hydrogens is 233 g/mol. The summed E-state index contributed by atoms with van der Waals surface area (Å²) >= 11 is 0. The Balaban J connectivity index is 2.10. The highest BCUT2D eigenvalue weighted by molar-refractivity contribution is 5.28. The van der Waals surface area contributed by atoms with Gasteiger partial charge in [0.25, 0.3) is 0 Å². The highest BCUT2D eigenvalue weighted by Gasteiger charge is 2.25. The van der Waals surface area contributed by atoms with Gasteiger partial charge in [0.2, 0.25) is 0 Å². The topological polar surface area (TPSA) is 32.7 Å². The number of halogens is 1. The van der Waals surface area contributed by atoms with Gasteiger partial charge in [-0.15, -0.1) is 0 Å². The van der Waals surface area contributed by atoms with Gasteiger partial charge in [-0.05, 0) is 31.0 Å². The van der Waals surface area contributed by atoms with Crippen LogP contribution in [0.3, 0.4) is 0 Å². The fourth-order valence-electron chi connectivity index (χ4n) is 2.44. The summed E-state index contributed by atoms with van der Waals surface area (Å²) < 4.78 is 18.9. The molecule has 1 aliphatic heterocycles. The van der Waals surface area contributed by atoms with Gasteiger partial charge in [-0.2, -0.15) is 0 Å². The van der Waals surface area contributed by atoms with Crippen LogP contribution in [-0.2, 0) is 11.3 Å². The van der Waals surface area contributed by atoms with E-state index in [2.05, 4.69) is 11.8 Å². The average Bonchev–Trinajstić information content (AvgIpc) is 2.27. The van der Waals surface area contributed by atoms with Crippen LogP contribution in [0.1, 0.15) is 25.8 Å². The normalized spacial score (nSPS) is 25.3. The Hall–Kier alpha value is -1.13. The van der Waals surface area contributed by atoms with Crippen LogP contribution < -0.4 is 0 Å². The van der Waals surface area contributed by atoms with E-state index in [1.165, 1.54) is 6.07 Å². The van der Waals surface area contributed by atoms with Crippen molar-refractivity contribution in [1.82, 2.24) is 4.90 Å². The van der Waals surface area contributed by atoms with E-state index in [0.717, 1.165) is 31.2 Å². The second-order valence-corrected chi connectivity index (χ2v) is 4.95. The average molecular weight is 253 g/mol. The lowest BCUT2D eigenvalue weighted by atomic mass is 10.1. The molecule has 0 bridgehead atoms. The van der Waals surface area contributed by atoms with Gasteiger partial charge >= 0.3 is 0 Å². The third kappa shape index (κ3) is 3.21. The van der Waals surface area contributed by atoms with Crippen molar-refractivity contribution in [3.05, 3.63) is 29.6 Å². The molecule has 2 atom stereocenters. The van der Waals surface area contributed by atoms with Crippen molar-refractivity contribution < 1.29 is 14.2 Å². The first-order valence-electron chi connectivity index (χ1n) is 6.42. The standard InChI is InChI=1S/C14H20FNO2/c1-3-13-9-18-10(2)7-16(13)8-11-4-12(15)6-14(17)5-11/h4-6,10,13,17H,3,7-9H2,1-2H3. The third-order valence-corrected chi connectivity index (χ3v) is 3.38. The summed E-state index contributed by atoms with van der Waals surface area (Å²) in [5.74, 6) is -0.404. The van der Waals surface area contributed by atoms with Crippen molar-refractivity contribution in [2.45, 2.75) is 39.0 Å². The fraction of sp³-hybridized carbons (Fsp3) is 0.571. The Morgan fingerprint density at radius 1 is 1.44 bits per heavy atom. The van der Waals surface area contributed by atoms with Gasteiger partial charge < -0.3 is 9.84 Å². The van der Waals surface area contributed by atoms with E-state index in [4.69, 9.17) is 4.74 Å². The molecule has 3 nitrogen and oxygen atoms in total. The SMILES string of the molecule is CCC1COC(C)CN1Cc1cc(O)cc(F)c1. The predicted octanol–water partition coefficient (Wildman–Crippen LogP) is 2.53. The molecule has 0 spiro atoms. The molecule has 18 heavy (non-hydrogen) atoms. The van der Waals surface area contributed by atoms with Crippen LogP contribution in [0.15, 0.2) is 18.2 Å². The smallest absolute Gasteiger partial charge is 0.127 e. The monoisotopic (exact) mass is 253 g/mol. The molecule has 1 N–H and O–H groups in total. The predicted molar refractivity (Wildman–Crippen MR) is 68.0 cm³/mol. The zero-order chi connectivity index (χ0) is 13.1. The van der Waals surface area contributed by atoms with Crippen LogP contribution in [0, 0.1) is 5.82 Å². The Morgan fingerprint density at radius 2 is 2.22 bits per heavy atom. The number of benzene rings is 1. The molecule has 0 aromatic heterocycles. The first-order chi connectivity index (χ1) is 8.58. The fourth-order valence-corrected chi connectivity index (χ4v) is 2.44. The van der Waals surface area contributed by atoms with Crippen molar-refractivity contribution in [3.8, 4) is 5.75 Å². The molecule has 4 heteroatoms. The van der Waals surface area contributed by atoms with Crippen LogP contribution in [0.4, 0.5) is 4.39 Å². The molecular formula is C14H20FNO2. The Labute approximate surface area is 107 Å². The minimum atomic E-state index is -0.389. The van der Waals surface area contributed by atoms with E-state index in [1.807, 2.05) is 6.92 Å². The van der Waals surface area contributed by atoms with Gasteiger partial charge in [0, 0.05) is 25.2 Å². The number of phenols is 1. The van der Waals surface area contributed by atoms with Gasteiger partial charge in [-0.25, -0.2) is 4.39 Å². The van der Waals surface area contributed by atoms with E-state index in [1.54, 1.807) is 6.07 Å². The second kappa shape index (κ2) is 5.67. The first-order valence-corrected chi connectivity index (χ1v) is 6.42.